The van der Waals surface area contributed by atoms with Gasteiger partial charge in [0.2, 0.25) is 0 Å². The summed E-state index contributed by atoms with van der Waals surface area (Å²) in [5.74, 6) is -0.385. The molecule has 3 heterocycles. The average Bonchev–Trinajstić information content (AvgIpc) is 3.22. The number of aryl methyl sites for hydroxylation is 2. The van der Waals surface area contributed by atoms with E-state index in [1.54, 1.807) is 24.0 Å². The molecule has 0 spiro atoms. The van der Waals surface area contributed by atoms with E-state index in [2.05, 4.69) is 15.5 Å². The summed E-state index contributed by atoms with van der Waals surface area (Å²) < 4.78 is 3.13. The van der Waals surface area contributed by atoms with Gasteiger partial charge in [-0.2, -0.15) is 10.2 Å². The molecule has 0 unspecified atom stereocenters. The minimum atomic E-state index is -0.296. The fourth-order valence-corrected chi connectivity index (χ4v) is 2.99. The molecule has 0 radical (unpaired) electrons. The molecule has 24 heavy (non-hydrogen) atoms. The molecule has 1 aliphatic heterocycles. The van der Waals surface area contributed by atoms with E-state index in [4.69, 9.17) is 0 Å². The molecule has 0 saturated carbocycles. The van der Waals surface area contributed by atoms with E-state index in [-0.39, 0.29) is 11.8 Å². The Morgan fingerprint density at radius 1 is 1.21 bits per heavy atom. The van der Waals surface area contributed by atoms with Gasteiger partial charge >= 0.3 is 0 Å². The van der Waals surface area contributed by atoms with Crippen LogP contribution in [0.15, 0.2) is 18.5 Å². The lowest BCUT2D eigenvalue weighted by Crippen LogP contribution is -2.37. The van der Waals surface area contributed by atoms with Gasteiger partial charge in [0.25, 0.3) is 11.8 Å². The number of hydrogen-bond acceptors (Lipinski definition) is 4. The Balaban J connectivity index is 1.82. The Labute approximate surface area is 140 Å². The Bertz CT molecular complexity index is 742. The van der Waals surface area contributed by atoms with Crippen molar-refractivity contribution in [3.63, 3.8) is 0 Å². The maximum Gasteiger partial charge on any atom is 0.274 e. The molecule has 1 fully saturated rings. The third-order valence-corrected chi connectivity index (χ3v) is 4.28. The van der Waals surface area contributed by atoms with Gasteiger partial charge in [-0.15, -0.1) is 0 Å². The molecule has 1 aliphatic rings. The Morgan fingerprint density at radius 2 is 1.96 bits per heavy atom. The second-order valence-electron chi connectivity index (χ2n) is 5.87. The fourth-order valence-electron chi connectivity index (χ4n) is 2.99. The van der Waals surface area contributed by atoms with Gasteiger partial charge in [-0.1, -0.05) is 0 Å². The molecule has 2 amide bonds. The molecule has 0 aromatic carbocycles. The van der Waals surface area contributed by atoms with Crippen molar-refractivity contribution in [2.24, 2.45) is 7.05 Å². The summed E-state index contributed by atoms with van der Waals surface area (Å²) in [6, 6.07) is 1.65. The van der Waals surface area contributed by atoms with Gasteiger partial charge in [0.1, 0.15) is 11.4 Å². The summed E-state index contributed by atoms with van der Waals surface area (Å²) >= 11 is 0. The van der Waals surface area contributed by atoms with Crippen molar-refractivity contribution in [3.8, 4) is 0 Å². The van der Waals surface area contributed by atoms with Crippen LogP contribution in [0.5, 0.6) is 0 Å². The molecule has 2 aromatic rings. The lowest BCUT2D eigenvalue weighted by atomic mass is 10.1. The monoisotopic (exact) mass is 330 g/mol. The summed E-state index contributed by atoms with van der Waals surface area (Å²) in [5.41, 5.74) is 1.30. The molecule has 3 rings (SSSR count). The molecule has 1 N–H and O–H groups in total. The molecule has 0 aliphatic carbocycles. The van der Waals surface area contributed by atoms with Gasteiger partial charge in [-0.3, -0.25) is 19.0 Å². The van der Waals surface area contributed by atoms with Crippen molar-refractivity contribution in [2.75, 3.05) is 18.4 Å². The standard InChI is InChI=1S/C16H22N6O2/c1-3-22-13(7-8-17-22)15(23)19-12-11-18-20(2)14(12)16(24)21-9-5-4-6-10-21/h7-8,11H,3-6,9-10H2,1-2H3,(H,19,23). The molecular formula is C16H22N6O2. The highest BCUT2D eigenvalue weighted by atomic mass is 16.2. The molecule has 0 bridgehead atoms. The molecule has 1 saturated heterocycles. The summed E-state index contributed by atoms with van der Waals surface area (Å²) in [6.45, 7) is 4.02. The zero-order valence-corrected chi connectivity index (χ0v) is 14.0. The van der Waals surface area contributed by atoms with Crippen LogP contribution in [-0.4, -0.2) is 49.4 Å². The van der Waals surface area contributed by atoms with Crippen LogP contribution in [0.1, 0.15) is 47.2 Å². The van der Waals surface area contributed by atoms with Crippen LogP contribution in [0.4, 0.5) is 5.69 Å². The van der Waals surface area contributed by atoms with Gasteiger partial charge in [0.15, 0.2) is 0 Å². The lowest BCUT2D eigenvalue weighted by Gasteiger charge is -2.27. The van der Waals surface area contributed by atoms with Crippen LogP contribution in [0, 0.1) is 0 Å². The van der Waals surface area contributed by atoms with Crippen LogP contribution in [0.2, 0.25) is 0 Å². The topological polar surface area (TPSA) is 85.0 Å². The van der Waals surface area contributed by atoms with Crippen molar-refractivity contribution < 1.29 is 9.59 Å². The molecule has 128 valence electrons. The van der Waals surface area contributed by atoms with Gasteiger partial charge < -0.3 is 10.2 Å². The van der Waals surface area contributed by atoms with Crippen molar-refractivity contribution in [3.05, 3.63) is 29.8 Å². The Kier molecular flexibility index (Phi) is 4.64. The number of carbonyl (C=O) groups excluding carboxylic acids is 2. The van der Waals surface area contributed by atoms with Crippen LogP contribution >= 0.6 is 0 Å². The first-order chi connectivity index (χ1) is 11.6. The molecule has 8 heteroatoms. The van der Waals surface area contributed by atoms with Crippen molar-refractivity contribution >= 4 is 17.5 Å². The SMILES string of the molecule is CCn1nccc1C(=O)Nc1cnn(C)c1C(=O)N1CCCCC1. The van der Waals surface area contributed by atoms with E-state index in [0.717, 1.165) is 32.4 Å². The lowest BCUT2D eigenvalue weighted by molar-refractivity contribution is 0.0714. The maximum atomic E-state index is 12.8. The number of piperidine rings is 1. The summed E-state index contributed by atoms with van der Waals surface area (Å²) in [4.78, 5) is 27.1. The van der Waals surface area contributed by atoms with Crippen LogP contribution in [0.25, 0.3) is 0 Å². The second-order valence-corrected chi connectivity index (χ2v) is 5.87. The fraction of sp³-hybridized carbons (Fsp3) is 0.500. The third kappa shape index (κ3) is 3.04. The van der Waals surface area contributed by atoms with Crippen molar-refractivity contribution in [1.82, 2.24) is 24.5 Å². The highest BCUT2D eigenvalue weighted by Gasteiger charge is 2.25. The second kappa shape index (κ2) is 6.86. The number of anilines is 1. The summed E-state index contributed by atoms with van der Waals surface area (Å²) in [5, 5.41) is 11.0. The minimum absolute atomic E-state index is 0.0889. The van der Waals surface area contributed by atoms with Crippen LogP contribution in [-0.2, 0) is 13.6 Å². The first kappa shape index (κ1) is 16.2. The molecular weight excluding hydrogens is 308 g/mol. The van der Waals surface area contributed by atoms with E-state index >= 15 is 0 Å². The summed E-state index contributed by atoms with van der Waals surface area (Å²) in [7, 11) is 1.71. The molecule has 8 nitrogen and oxygen atoms in total. The van der Waals surface area contributed by atoms with E-state index in [1.807, 2.05) is 11.8 Å². The Morgan fingerprint density at radius 3 is 2.67 bits per heavy atom. The zero-order valence-electron chi connectivity index (χ0n) is 14.0. The quantitative estimate of drug-likeness (QED) is 0.921. The van der Waals surface area contributed by atoms with Gasteiger partial charge in [-0.05, 0) is 32.3 Å². The predicted octanol–water partition coefficient (Wildman–Crippen LogP) is 1.51. The number of nitrogens with zero attached hydrogens (tertiary/aromatic N) is 5. The number of likely N-dealkylation sites (tertiary alicyclic amines) is 1. The third-order valence-electron chi connectivity index (χ3n) is 4.28. The molecule has 2 aromatic heterocycles. The number of nitrogens with one attached hydrogen (secondary N) is 1. The number of rotatable bonds is 4. The van der Waals surface area contributed by atoms with Gasteiger partial charge in [-0.25, -0.2) is 0 Å². The van der Waals surface area contributed by atoms with Gasteiger partial charge in [0.05, 0.1) is 11.9 Å². The van der Waals surface area contributed by atoms with Crippen molar-refractivity contribution in [2.45, 2.75) is 32.7 Å². The zero-order chi connectivity index (χ0) is 17.1. The van der Waals surface area contributed by atoms with Gasteiger partial charge in [0, 0.05) is 32.9 Å². The number of hydrogen-bond donors (Lipinski definition) is 1. The summed E-state index contributed by atoms with van der Waals surface area (Å²) in [6.07, 6.45) is 6.28. The maximum absolute atomic E-state index is 12.8. The predicted molar refractivity (Wildman–Crippen MR) is 88.8 cm³/mol. The van der Waals surface area contributed by atoms with Crippen LogP contribution in [0.3, 0.4) is 0 Å². The highest BCUT2D eigenvalue weighted by Crippen LogP contribution is 2.20. The van der Waals surface area contributed by atoms with E-state index in [9.17, 15) is 9.59 Å². The first-order valence-corrected chi connectivity index (χ1v) is 8.26. The van der Waals surface area contributed by atoms with Crippen LogP contribution < -0.4 is 5.32 Å². The molecule has 0 atom stereocenters. The number of aromatic nitrogens is 4. The van der Waals surface area contributed by atoms with E-state index < -0.39 is 0 Å². The normalized spacial score (nSPS) is 14.7. The highest BCUT2D eigenvalue weighted by molar-refractivity contribution is 6.07. The Hall–Kier alpha value is -2.64. The van der Waals surface area contributed by atoms with Crippen molar-refractivity contribution in [1.29, 1.82) is 0 Å². The largest absolute Gasteiger partial charge is 0.337 e. The van der Waals surface area contributed by atoms with E-state index in [1.165, 1.54) is 10.9 Å². The van der Waals surface area contributed by atoms with E-state index in [0.29, 0.717) is 23.6 Å². The first-order valence-electron chi connectivity index (χ1n) is 8.26. The average molecular weight is 330 g/mol. The minimum Gasteiger partial charge on any atom is -0.337 e. The smallest absolute Gasteiger partial charge is 0.274 e. The number of amides is 2. The number of carbonyl (C=O) groups is 2.